The van der Waals surface area contributed by atoms with E-state index in [1.165, 1.54) is 12.1 Å². The molecular formula is C29H24ClN3O5. The molecule has 0 aliphatic carbocycles. The van der Waals surface area contributed by atoms with Crippen LogP contribution in [-0.2, 0) is 16.2 Å². The van der Waals surface area contributed by atoms with E-state index in [1.807, 2.05) is 13.8 Å². The quantitative estimate of drug-likeness (QED) is 0.321. The fourth-order valence-electron chi connectivity index (χ4n) is 3.90. The predicted molar refractivity (Wildman–Crippen MR) is 143 cm³/mol. The molecule has 8 nitrogen and oxygen atoms in total. The third kappa shape index (κ3) is 5.38. The lowest BCUT2D eigenvalue weighted by atomic mass is 10.0. The van der Waals surface area contributed by atoms with Crippen molar-refractivity contribution in [1.82, 2.24) is 5.32 Å². The number of nitrogens with zero attached hydrogens (tertiary/aromatic N) is 2. The Balaban J connectivity index is 1.68. The second-order valence-electron chi connectivity index (χ2n) is 8.55. The SMILES string of the molecule is CCOc1cc(/C=C2\C(=O)NC(=O)N(c3ccc(C)c(C)c3)C2=O)cc(Cl)c1OCc1ccccc1C#N. The Hall–Kier alpha value is -4.61. The number of rotatable bonds is 7. The predicted octanol–water partition coefficient (Wildman–Crippen LogP) is 5.47. The van der Waals surface area contributed by atoms with Crippen molar-refractivity contribution in [2.24, 2.45) is 0 Å². The van der Waals surface area contributed by atoms with Crippen molar-refractivity contribution < 1.29 is 23.9 Å². The minimum Gasteiger partial charge on any atom is -0.490 e. The topological polar surface area (TPSA) is 109 Å². The van der Waals surface area contributed by atoms with Crippen molar-refractivity contribution >= 4 is 41.2 Å². The second kappa shape index (κ2) is 11.2. The summed E-state index contributed by atoms with van der Waals surface area (Å²) < 4.78 is 11.6. The summed E-state index contributed by atoms with van der Waals surface area (Å²) >= 11 is 6.53. The number of carbonyl (C=O) groups excluding carboxylic acids is 3. The number of amides is 4. The molecule has 3 aromatic rings. The van der Waals surface area contributed by atoms with Crippen molar-refractivity contribution in [2.45, 2.75) is 27.4 Å². The number of nitrogens with one attached hydrogen (secondary N) is 1. The Kier molecular flexibility index (Phi) is 7.79. The third-order valence-corrected chi connectivity index (χ3v) is 6.28. The molecule has 0 unspecified atom stereocenters. The summed E-state index contributed by atoms with van der Waals surface area (Å²) in [7, 11) is 0. The Morgan fingerprint density at radius 1 is 1.03 bits per heavy atom. The summed E-state index contributed by atoms with van der Waals surface area (Å²) in [5.41, 5.74) is 3.57. The van der Waals surface area contributed by atoms with Gasteiger partial charge in [0.15, 0.2) is 11.5 Å². The molecule has 0 aromatic heterocycles. The third-order valence-electron chi connectivity index (χ3n) is 6.00. The van der Waals surface area contributed by atoms with Crippen LogP contribution in [0.4, 0.5) is 10.5 Å². The number of carbonyl (C=O) groups is 3. The monoisotopic (exact) mass is 529 g/mol. The Morgan fingerprint density at radius 3 is 2.50 bits per heavy atom. The number of hydrogen-bond donors (Lipinski definition) is 1. The van der Waals surface area contributed by atoms with Crippen LogP contribution < -0.4 is 19.7 Å². The largest absolute Gasteiger partial charge is 0.490 e. The molecule has 4 amide bonds. The zero-order chi connectivity index (χ0) is 27.4. The van der Waals surface area contributed by atoms with Crippen LogP contribution in [0, 0.1) is 25.2 Å². The van der Waals surface area contributed by atoms with Gasteiger partial charge in [0.25, 0.3) is 11.8 Å². The van der Waals surface area contributed by atoms with Gasteiger partial charge in [0.05, 0.1) is 28.9 Å². The molecule has 1 aliphatic heterocycles. The average molecular weight is 530 g/mol. The van der Waals surface area contributed by atoms with Gasteiger partial charge in [-0.2, -0.15) is 5.26 Å². The lowest BCUT2D eigenvalue weighted by molar-refractivity contribution is -0.122. The highest BCUT2D eigenvalue weighted by atomic mass is 35.5. The number of ether oxygens (including phenoxy) is 2. The van der Waals surface area contributed by atoms with Crippen LogP contribution in [0.5, 0.6) is 11.5 Å². The Labute approximate surface area is 225 Å². The van der Waals surface area contributed by atoms with E-state index in [4.69, 9.17) is 21.1 Å². The normalized spacial score (nSPS) is 14.3. The van der Waals surface area contributed by atoms with Crippen LogP contribution in [-0.4, -0.2) is 24.5 Å². The first-order chi connectivity index (χ1) is 18.2. The molecule has 1 aliphatic rings. The van der Waals surface area contributed by atoms with E-state index >= 15 is 0 Å². The molecule has 38 heavy (non-hydrogen) atoms. The molecule has 0 spiro atoms. The molecule has 1 N–H and O–H groups in total. The minimum atomic E-state index is -0.824. The fraction of sp³-hybridized carbons (Fsp3) is 0.172. The molecule has 1 fully saturated rings. The van der Waals surface area contributed by atoms with E-state index < -0.39 is 17.8 Å². The molecular weight excluding hydrogens is 506 g/mol. The van der Waals surface area contributed by atoms with Crippen LogP contribution in [0.1, 0.15) is 34.7 Å². The zero-order valence-corrected chi connectivity index (χ0v) is 21.8. The van der Waals surface area contributed by atoms with Gasteiger partial charge in [-0.1, -0.05) is 35.9 Å². The van der Waals surface area contributed by atoms with Crippen molar-refractivity contribution in [3.05, 3.63) is 93.0 Å². The van der Waals surface area contributed by atoms with Gasteiger partial charge in [0.1, 0.15) is 12.2 Å². The first-order valence-electron chi connectivity index (χ1n) is 11.8. The summed E-state index contributed by atoms with van der Waals surface area (Å²) in [6.07, 6.45) is 1.35. The molecule has 1 heterocycles. The zero-order valence-electron chi connectivity index (χ0n) is 21.0. The molecule has 0 radical (unpaired) electrons. The van der Waals surface area contributed by atoms with Crippen molar-refractivity contribution in [1.29, 1.82) is 5.26 Å². The van der Waals surface area contributed by atoms with E-state index in [0.717, 1.165) is 16.0 Å². The standard InChI is InChI=1S/C29H24ClN3O5/c1-4-37-25-14-19(13-24(30)26(25)38-16-21-8-6-5-7-20(21)15-31)12-23-27(34)32-29(36)33(28(23)35)22-10-9-17(2)18(3)11-22/h5-14H,4,16H2,1-3H3,(H,32,34,36)/b23-12+. The van der Waals surface area contributed by atoms with Gasteiger partial charge in [-0.15, -0.1) is 0 Å². The van der Waals surface area contributed by atoms with Gasteiger partial charge in [-0.3, -0.25) is 14.9 Å². The first-order valence-corrected chi connectivity index (χ1v) is 12.2. The van der Waals surface area contributed by atoms with E-state index in [9.17, 15) is 19.6 Å². The number of urea groups is 1. The summed E-state index contributed by atoms with van der Waals surface area (Å²) in [4.78, 5) is 39.4. The van der Waals surface area contributed by atoms with Crippen molar-refractivity contribution in [3.8, 4) is 17.6 Å². The number of aryl methyl sites for hydroxylation is 2. The van der Waals surface area contributed by atoms with Crippen molar-refractivity contribution in [3.63, 3.8) is 0 Å². The maximum atomic E-state index is 13.3. The number of anilines is 1. The maximum absolute atomic E-state index is 13.3. The van der Waals surface area contributed by atoms with Crippen LogP contribution >= 0.6 is 11.6 Å². The van der Waals surface area contributed by atoms with Gasteiger partial charge in [-0.05, 0) is 73.9 Å². The highest BCUT2D eigenvalue weighted by molar-refractivity contribution is 6.39. The Bertz CT molecular complexity index is 1520. The molecule has 0 atom stereocenters. The maximum Gasteiger partial charge on any atom is 0.335 e. The second-order valence-corrected chi connectivity index (χ2v) is 8.95. The summed E-state index contributed by atoms with van der Waals surface area (Å²) in [6.45, 7) is 5.96. The number of hydrogen-bond acceptors (Lipinski definition) is 6. The number of benzene rings is 3. The van der Waals surface area contributed by atoms with Crippen LogP contribution in [0.3, 0.4) is 0 Å². The molecule has 4 rings (SSSR count). The van der Waals surface area contributed by atoms with E-state index in [-0.39, 0.29) is 23.0 Å². The van der Waals surface area contributed by atoms with Gasteiger partial charge >= 0.3 is 6.03 Å². The lowest BCUT2D eigenvalue weighted by Gasteiger charge is -2.27. The summed E-state index contributed by atoms with van der Waals surface area (Å²) in [5.74, 6) is -1.02. The fourth-order valence-corrected chi connectivity index (χ4v) is 4.18. The number of halogens is 1. The first kappa shape index (κ1) is 26.5. The van der Waals surface area contributed by atoms with Crippen LogP contribution in [0.2, 0.25) is 5.02 Å². The van der Waals surface area contributed by atoms with E-state index in [0.29, 0.717) is 34.7 Å². The highest BCUT2D eigenvalue weighted by Crippen LogP contribution is 2.38. The van der Waals surface area contributed by atoms with Crippen LogP contribution in [0.15, 0.2) is 60.2 Å². The van der Waals surface area contributed by atoms with Gasteiger partial charge in [0.2, 0.25) is 0 Å². The number of barbiturate groups is 1. The molecule has 1 saturated heterocycles. The average Bonchev–Trinajstić information content (AvgIpc) is 2.88. The molecule has 3 aromatic carbocycles. The minimum absolute atomic E-state index is 0.0812. The Morgan fingerprint density at radius 2 is 1.79 bits per heavy atom. The molecule has 192 valence electrons. The summed E-state index contributed by atoms with van der Waals surface area (Å²) in [6, 6.07) is 16.6. The lowest BCUT2D eigenvalue weighted by Crippen LogP contribution is -2.54. The van der Waals surface area contributed by atoms with E-state index in [1.54, 1.807) is 55.5 Å². The molecule has 0 bridgehead atoms. The van der Waals surface area contributed by atoms with Crippen molar-refractivity contribution in [2.75, 3.05) is 11.5 Å². The number of nitriles is 1. The van der Waals surface area contributed by atoms with Gasteiger partial charge in [-0.25, -0.2) is 9.69 Å². The smallest absolute Gasteiger partial charge is 0.335 e. The number of imide groups is 2. The van der Waals surface area contributed by atoms with Gasteiger partial charge in [0, 0.05) is 5.56 Å². The van der Waals surface area contributed by atoms with Crippen LogP contribution in [0.25, 0.3) is 6.08 Å². The summed E-state index contributed by atoms with van der Waals surface area (Å²) in [5, 5.41) is 11.7. The van der Waals surface area contributed by atoms with E-state index in [2.05, 4.69) is 11.4 Å². The molecule has 9 heteroatoms. The molecule has 0 saturated carbocycles. The van der Waals surface area contributed by atoms with Gasteiger partial charge < -0.3 is 9.47 Å². The highest BCUT2D eigenvalue weighted by Gasteiger charge is 2.37.